The Kier molecular flexibility index (Phi) is 4.77. The molecule has 5 heteroatoms. The molecule has 0 bridgehead atoms. The SMILES string of the molecule is O=C(c1cc(Cl)ccc1Cl)N1CCC(CCCl)C1. The fourth-order valence-corrected chi connectivity index (χ4v) is 2.92. The highest BCUT2D eigenvalue weighted by Crippen LogP contribution is 2.26. The first-order valence-corrected chi connectivity index (χ1v) is 7.21. The lowest BCUT2D eigenvalue weighted by Crippen LogP contribution is -2.29. The number of likely N-dealkylation sites (tertiary alicyclic amines) is 1. The van der Waals surface area contributed by atoms with E-state index in [2.05, 4.69) is 0 Å². The van der Waals surface area contributed by atoms with Crippen molar-refractivity contribution in [3.63, 3.8) is 0 Å². The van der Waals surface area contributed by atoms with Crippen molar-refractivity contribution in [1.82, 2.24) is 4.90 Å². The summed E-state index contributed by atoms with van der Waals surface area (Å²) in [5, 5.41) is 0.976. The molecule has 1 unspecified atom stereocenters. The molecule has 1 aromatic carbocycles. The summed E-state index contributed by atoms with van der Waals surface area (Å²) in [5.41, 5.74) is 0.482. The van der Waals surface area contributed by atoms with Crippen LogP contribution >= 0.6 is 34.8 Å². The number of alkyl halides is 1. The van der Waals surface area contributed by atoms with Gasteiger partial charge in [0.05, 0.1) is 10.6 Å². The molecule has 1 heterocycles. The second-order valence-corrected chi connectivity index (χ2v) is 5.73. The van der Waals surface area contributed by atoms with Gasteiger partial charge >= 0.3 is 0 Å². The van der Waals surface area contributed by atoms with Crippen LogP contribution in [0.4, 0.5) is 0 Å². The highest BCUT2D eigenvalue weighted by molar-refractivity contribution is 6.35. The van der Waals surface area contributed by atoms with E-state index < -0.39 is 0 Å². The van der Waals surface area contributed by atoms with Crippen LogP contribution in [0.2, 0.25) is 10.0 Å². The zero-order valence-corrected chi connectivity index (χ0v) is 12.1. The van der Waals surface area contributed by atoms with Gasteiger partial charge in [-0.05, 0) is 37.0 Å². The molecule has 1 aromatic rings. The van der Waals surface area contributed by atoms with Gasteiger partial charge in [-0.15, -0.1) is 11.6 Å². The lowest BCUT2D eigenvalue weighted by molar-refractivity contribution is 0.0787. The van der Waals surface area contributed by atoms with Crippen molar-refractivity contribution in [3.8, 4) is 0 Å². The smallest absolute Gasteiger partial charge is 0.255 e. The van der Waals surface area contributed by atoms with E-state index >= 15 is 0 Å². The van der Waals surface area contributed by atoms with Gasteiger partial charge in [-0.25, -0.2) is 0 Å². The molecule has 1 saturated heterocycles. The predicted molar refractivity (Wildman–Crippen MR) is 75.8 cm³/mol. The Hall–Kier alpha value is -0.440. The molecule has 0 N–H and O–H groups in total. The predicted octanol–water partition coefficient (Wildman–Crippen LogP) is 4.08. The van der Waals surface area contributed by atoms with E-state index in [0.717, 1.165) is 25.9 Å². The number of amides is 1. The van der Waals surface area contributed by atoms with Crippen LogP contribution < -0.4 is 0 Å². The number of nitrogens with zero attached hydrogens (tertiary/aromatic N) is 1. The van der Waals surface area contributed by atoms with E-state index in [4.69, 9.17) is 34.8 Å². The van der Waals surface area contributed by atoms with Crippen LogP contribution in [-0.2, 0) is 0 Å². The van der Waals surface area contributed by atoms with Crippen LogP contribution in [0.15, 0.2) is 18.2 Å². The van der Waals surface area contributed by atoms with E-state index in [1.165, 1.54) is 0 Å². The zero-order chi connectivity index (χ0) is 13.1. The molecule has 0 saturated carbocycles. The second kappa shape index (κ2) is 6.14. The van der Waals surface area contributed by atoms with Crippen LogP contribution in [0.1, 0.15) is 23.2 Å². The minimum Gasteiger partial charge on any atom is -0.338 e. The number of halogens is 3. The normalized spacial score (nSPS) is 19.3. The largest absolute Gasteiger partial charge is 0.338 e. The van der Waals surface area contributed by atoms with Crippen LogP contribution in [0.25, 0.3) is 0 Å². The van der Waals surface area contributed by atoms with Crippen LogP contribution in [-0.4, -0.2) is 29.8 Å². The molecule has 98 valence electrons. The van der Waals surface area contributed by atoms with Gasteiger partial charge in [0.2, 0.25) is 0 Å². The highest BCUT2D eigenvalue weighted by atomic mass is 35.5. The fourth-order valence-electron chi connectivity index (χ4n) is 2.24. The van der Waals surface area contributed by atoms with Gasteiger partial charge in [0.1, 0.15) is 0 Å². The summed E-state index contributed by atoms with van der Waals surface area (Å²) in [7, 11) is 0. The molecular weight excluding hydrogens is 293 g/mol. The summed E-state index contributed by atoms with van der Waals surface area (Å²) in [5.74, 6) is 1.11. The molecule has 1 fully saturated rings. The lowest BCUT2D eigenvalue weighted by atomic mass is 10.1. The molecule has 1 amide bonds. The second-order valence-electron chi connectivity index (χ2n) is 4.51. The quantitative estimate of drug-likeness (QED) is 0.770. The Labute approximate surface area is 122 Å². The molecule has 1 atom stereocenters. The van der Waals surface area contributed by atoms with Gasteiger partial charge < -0.3 is 4.90 Å². The first-order chi connectivity index (χ1) is 8.61. The van der Waals surface area contributed by atoms with Gasteiger partial charge in [-0.3, -0.25) is 4.79 Å². The van der Waals surface area contributed by atoms with Crippen molar-refractivity contribution in [2.75, 3.05) is 19.0 Å². The van der Waals surface area contributed by atoms with Gasteiger partial charge in [0.25, 0.3) is 5.91 Å². The third kappa shape index (κ3) is 3.11. The highest BCUT2D eigenvalue weighted by Gasteiger charge is 2.27. The summed E-state index contributed by atoms with van der Waals surface area (Å²) in [6, 6.07) is 4.96. The molecule has 0 radical (unpaired) electrons. The maximum atomic E-state index is 12.3. The first kappa shape index (κ1) is 14.0. The average molecular weight is 307 g/mol. The number of rotatable bonds is 3. The number of hydrogen-bond donors (Lipinski definition) is 0. The van der Waals surface area contributed by atoms with E-state index in [1.807, 2.05) is 4.90 Å². The fraction of sp³-hybridized carbons (Fsp3) is 0.462. The topological polar surface area (TPSA) is 20.3 Å². The van der Waals surface area contributed by atoms with Gasteiger partial charge in [-0.2, -0.15) is 0 Å². The summed E-state index contributed by atoms with van der Waals surface area (Å²) in [4.78, 5) is 14.1. The molecule has 1 aliphatic rings. The molecule has 2 nitrogen and oxygen atoms in total. The Bertz CT molecular complexity index is 450. The van der Waals surface area contributed by atoms with Crippen molar-refractivity contribution in [2.24, 2.45) is 5.92 Å². The van der Waals surface area contributed by atoms with E-state index in [1.54, 1.807) is 18.2 Å². The number of carbonyl (C=O) groups is 1. The Balaban J connectivity index is 2.10. The minimum absolute atomic E-state index is 0.0421. The monoisotopic (exact) mass is 305 g/mol. The van der Waals surface area contributed by atoms with Gasteiger partial charge in [-0.1, -0.05) is 23.2 Å². The molecular formula is C13H14Cl3NO. The first-order valence-electron chi connectivity index (χ1n) is 5.92. The third-order valence-corrected chi connectivity index (χ3v) is 4.03. The molecule has 0 spiro atoms. The van der Waals surface area contributed by atoms with Crippen molar-refractivity contribution >= 4 is 40.7 Å². The Morgan fingerprint density at radius 2 is 2.17 bits per heavy atom. The molecule has 2 rings (SSSR count). The van der Waals surface area contributed by atoms with Crippen LogP contribution in [0, 0.1) is 5.92 Å². The van der Waals surface area contributed by atoms with Gasteiger partial charge in [0, 0.05) is 24.0 Å². The summed E-state index contributed by atoms with van der Waals surface area (Å²) >= 11 is 17.7. The van der Waals surface area contributed by atoms with E-state index in [9.17, 15) is 4.79 Å². The van der Waals surface area contributed by atoms with E-state index in [0.29, 0.717) is 27.4 Å². The zero-order valence-electron chi connectivity index (χ0n) is 9.83. The van der Waals surface area contributed by atoms with Gasteiger partial charge in [0.15, 0.2) is 0 Å². The number of carbonyl (C=O) groups excluding carboxylic acids is 1. The molecule has 1 aliphatic heterocycles. The average Bonchev–Trinajstić information content (AvgIpc) is 2.80. The summed E-state index contributed by atoms with van der Waals surface area (Å²) in [6.07, 6.45) is 1.96. The van der Waals surface area contributed by atoms with Crippen molar-refractivity contribution in [3.05, 3.63) is 33.8 Å². The van der Waals surface area contributed by atoms with Crippen LogP contribution in [0.3, 0.4) is 0 Å². The summed E-state index contributed by atoms with van der Waals surface area (Å²) < 4.78 is 0. The number of benzene rings is 1. The maximum Gasteiger partial charge on any atom is 0.255 e. The number of hydrogen-bond acceptors (Lipinski definition) is 1. The van der Waals surface area contributed by atoms with E-state index in [-0.39, 0.29) is 5.91 Å². The van der Waals surface area contributed by atoms with Crippen molar-refractivity contribution in [1.29, 1.82) is 0 Å². The third-order valence-electron chi connectivity index (χ3n) is 3.25. The van der Waals surface area contributed by atoms with Crippen molar-refractivity contribution in [2.45, 2.75) is 12.8 Å². The standard InChI is InChI=1S/C13H14Cl3NO/c14-5-3-9-4-6-17(8-9)13(18)11-7-10(15)1-2-12(11)16/h1-2,7,9H,3-6,8H2. The Morgan fingerprint density at radius 3 is 2.89 bits per heavy atom. The lowest BCUT2D eigenvalue weighted by Gasteiger charge is -2.17. The summed E-state index contributed by atoms with van der Waals surface area (Å²) in [6.45, 7) is 1.53. The van der Waals surface area contributed by atoms with Crippen LogP contribution in [0.5, 0.6) is 0 Å². The molecule has 0 aliphatic carbocycles. The van der Waals surface area contributed by atoms with Crippen molar-refractivity contribution < 1.29 is 4.79 Å². The maximum absolute atomic E-state index is 12.3. The molecule has 18 heavy (non-hydrogen) atoms. The molecule has 0 aromatic heterocycles. The minimum atomic E-state index is -0.0421. The Morgan fingerprint density at radius 1 is 1.39 bits per heavy atom.